The molecule has 1 fully saturated rings. The number of anilines is 1. The van der Waals surface area contributed by atoms with Crippen LogP contribution in [0.1, 0.15) is 24.8 Å². The van der Waals surface area contributed by atoms with E-state index in [9.17, 15) is 17.6 Å². The number of carbonyl (C=O) groups is 1. The van der Waals surface area contributed by atoms with Gasteiger partial charge in [-0.1, -0.05) is 24.6 Å². The van der Waals surface area contributed by atoms with Crippen LogP contribution in [0.5, 0.6) is 0 Å². The van der Waals surface area contributed by atoms with Gasteiger partial charge in [-0.2, -0.15) is 9.57 Å². The van der Waals surface area contributed by atoms with E-state index in [0.717, 1.165) is 24.6 Å². The summed E-state index contributed by atoms with van der Waals surface area (Å²) in [5, 5.41) is 14.4. The highest BCUT2D eigenvalue weighted by molar-refractivity contribution is 7.89. The van der Waals surface area contributed by atoms with Gasteiger partial charge in [0, 0.05) is 24.8 Å². The van der Waals surface area contributed by atoms with E-state index in [1.807, 2.05) is 6.07 Å². The van der Waals surface area contributed by atoms with Crippen LogP contribution in [0.25, 0.3) is 0 Å². The number of para-hydroxylation sites is 1. The summed E-state index contributed by atoms with van der Waals surface area (Å²) in [5.74, 6) is -0.763. The molecule has 2 aromatic rings. The van der Waals surface area contributed by atoms with Gasteiger partial charge in [0.25, 0.3) is 0 Å². The molecule has 1 heterocycles. The summed E-state index contributed by atoms with van der Waals surface area (Å²) >= 11 is 0. The molecule has 29 heavy (non-hydrogen) atoms. The Morgan fingerprint density at radius 2 is 1.97 bits per heavy atom. The van der Waals surface area contributed by atoms with Crippen molar-refractivity contribution in [2.24, 2.45) is 0 Å². The monoisotopic (exact) mass is 416 g/mol. The van der Waals surface area contributed by atoms with Crippen LogP contribution in [0.4, 0.5) is 14.9 Å². The average molecular weight is 416 g/mol. The second-order valence-electron chi connectivity index (χ2n) is 6.72. The number of amides is 2. The SMILES string of the molecule is N#Cc1cc(S(=O)(=O)N2CCCCC2CNC(=O)Nc2ccccc2)ccc1F. The van der Waals surface area contributed by atoms with Crippen LogP contribution in [0.2, 0.25) is 0 Å². The number of piperidine rings is 1. The van der Waals surface area contributed by atoms with Gasteiger partial charge in [0.1, 0.15) is 11.9 Å². The molecule has 3 rings (SSSR count). The Balaban J connectivity index is 1.72. The fraction of sp³-hybridized carbons (Fsp3) is 0.300. The molecule has 2 N–H and O–H groups in total. The molecule has 1 aliphatic heterocycles. The van der Waals surface area contributed by atoms with Gasteiger partial charge in [0.2, 0.25) is 10.0 Å². The Hall–Kier alpha value is -2.96. The number of nitrogens with zero attached hydrogens (tertiary/aromatic N) is 2. The average Bonchev–Trinajstić information content (AvgIpc) is 2.73. The number of halogens is 1. The van der Waals surface area contributed by atoms with E-state index in [2.05, 4.69) is 10.6 Å². The molecule has 0 radical (unpaired) electrons. The smallest absolute Gasteiger partial charge is 0.319 e. The fourth-order valence-electron chi connectivity index (χ4n) is 3.29. The van der Waals surface area contributed by atoms with Gasteiger partial charge >= 0.3 is 6.03 Å². The Kier molecular flexibility index (Phi) is 6.46. The maximum absolute atomic E-state index is 13.6. The third-order valence-corrected chi connectivity index (χ3v) is 6.72. The Labute approximate surface area is 169 Å². The molecule has 0 saturated carbocycles. The second kappa shape index (κ2) is 9.03. The van der Waals surface area contributed by atoms with E-state index in [0.29, 0.717) is 25.1 Å². The molecule has 1 saturated heterocycles. The van der Waals surface area contributed by atoms with Gasteiger partial charge in [-0.3, -0.25) is 0 Å². The number of nitriles is 1. The van der Waals surface area contributed by atoms with Crippen LogP contribution in [-0.4, -0.2) is 37.9 Å². The standard InChI is InChI=1S/C20H21FN4O3S/c21-19-10-9-18(12-15(19)13-22)29(27,28)25-11-5-4-8-17(25)14-23-20(26)24-16-6-2-1-3-7-16/h1-3,6-7,9-10,12,17H,4-5,8,11,14H2,(H2,23,24,26). The lowest BCUT2D eigenvalue weighted by Gasteiger charge is -2.34. The molecule has 1 atom stereocenters. The number of nitrogens with one attached hydrogen (secondary N) is 2. The third kappa shape index (κ3) is 4.91. The first-order valence-corrected chi connectivity index (χ1v) is 10.7. The van der Waals surface area contributed by atoms with Crippen LogP contribution < -0.4 is 10.6 Å². The van der Waals surface area contributed by atoms with E-state index in [1.54, 1.807) is 30.3 Å². The molecule has 0 aromatic heterocycles. The zero-order chi connectivity index (χ0) is 20.9. The fourth-order valence-corrected chi connectivity index (χ4v) is 5.01. The lowest BCUT2D eigenvalue weighted by Crippen LogP contribution is -2.49. The summed E-state index contributed by atoms with van der Waals surface area (Å²) in [4.78, 5) is 12.0. The van der Waals surface area contributed by atoms with Crippen molar-refractivity contribution in [3.63, 3.8) is 0 Å². The Morgan fingerprint density at radius 3 is 2.69 bits per heavy atom. The third-order valence-electron chi connectivity index (χ3n) is 4.77. The molecular weight excluding hydrogens is 395 g/mol. The van der Waals surface area contributed by atoms with E-state index < -0.39 is 27.9 Å². The van der Waals surface area contributed by atoms with Crippen molar-refractivity contribution in [1.29, 1.82) is 5.26 Å². The minimum atomic E-state index is -3.92. The maximum Gasteiger partial charge on any atom is 0.319 e. The number of hydrogen-bond donors (Lipinski definition) is 2. The zero-order valence-electron chi connectivity index (χ0n) is 15.6. The summed E-state index contributed by atoms with van der Waals surface area (Å²) < 4.78 is 41.1. The summed E-state index contributed by atoms with van der Waals surface area (Å²) in [7, 11) is -3.92. The largest absolute Gasteiger partial charge is 0.336 e. The topological polar surface area (TPSA) is 102 Å². The summed E-state index contributed by atoms with van der Waals surface area (Å²) in [6.07, 6.45) is 2.13. The van der Waals surface area contributed by atoms with Crippen molar-refractivity contribution in [1.82, 2.24) is 9.62 Å². The highest BCUT2D eigenvalue weighted by atomic mass is 32.2. The van der Waals surface area contributed by atoms with Crippen molar-refractivity contribution in [2.75, 3.05) is 18.4 Å². The Bertz CT molecular complexity index is 1020. The molecule has 0 bridgehead atoms. The summed E-state index contributed by atoms with van der Waals surface area (Å²) in [6, 6.07) is 12.9. The Morgan fingerprint density at radius 1 is 1.21 bits per heavy atom. The number of urea groups is 1. The van der Waals surface area contributed by atoms with Crippen LogP contribution in [0, 0.1) is 17.1 Å². The minimum absolute atomic E-state index is 0.129. The van der Waals surface area contributed by atoms with Crippen molar-refractivity contribution >= 4 is 21.7 Å². The predicted octanol–water partition coefficient (Wildman–Crippen LogP) is 3.06. The second-order valence-corrected chi connectivity index (χ2v) is 8.61. The molecule has 0 spiro atoms. The van der Waals surface area contributed by atoms with Crippen molar-refractivity contribution in [3.05, 3.63) is 59.9 Å². The number of hydrogen-bond acceptors (Lipinski definition) is 4. The van der Waals surface area contributed by atoms with E-state index in [4.69, 9.17) is 5.26 Å². The van der Waals surface area contributed by atoms with E-state index >= 15 is 0 Å². The van der Waals surface area contributed by atoms with Crippen LogP contribution in [0.15, 0.2) is 53.4 Å². The normalized spacial score (nSPS) is 17.3. The predicted molar refractivity (Wildman–Crippen MR) is 106 cm³/mol. The van der Waals surface area contributed by atoms with Crippen LogP contribution in [-0.2, 0) is 10.0 Å². The molecule has 1 unspecified atom stereocenters. The number of carbonyl (C=O) groups excluding carboxylic acids is 1. The molecule has 2 amide bonds. The first-order chi connectivity index (χ1) is 13.9. The highest BCUT2D eigenvalue weighted by Gasteiger charge is 2.34. The molecule has 2 aromatic carbocycles. The zero-order valence-corrected chi connectivity index (χ0v) is 16.5. The molecule has 152 valence electrons. The van der Waals surface area contributed by atoms with Crippen LogP contribution in [0.3, 0.4) is 0 Å². The number of rotatable bonds is 5. The molecule has 0 aliphatic carbocycles. The molecule has 7 nitrogen and oxygen atoms in total. The van der Waals surface area contributed by atoms with Gasteiger partial charge in [-0.15, -0.1) is 0 Å². The number of benzene rings is 2. The van der Waals surface area contributed by atoms with E-state index in [-0.39, 0.29) is 17.0 Å². The number of sulfonamides is 1. The van der Waals surface area contributed by atoms with Gasteiger partial charge in [-0.25, -0.2) is 17.6 Å². The maximum atomic E-state index is 13.6. The van der Waals surface area contributed by atoms with Crippen molar-refractivity contribution < 1.29 is 17.6 Å². The van der Waals surface area contributed by atoms with E-state index in [1.165, 1.54) is 4.31 Å². The lowest BCUT2D eigenvalue weighted by atomic mass is 10.1. The van der Waals surface area contributed by atoms with Crippen molar-refractivity contribution in [2.45, 2.75) is 30.2 Å². The molecular formula is C20H21FN4O3S. The molecule has 9 heteroatoms. The summed E-state index contributed by atoms with van der Waals surface area (Å²) in [5.41, 5.74) is 0.313. The minimum Gasteiger partial charge on any atom is -0.336 e. The van der Waals surface area contributed by atoms with Gasteiger partial charge in [-0.05, 0) is 43.2 Å². The summed E-state index contributed by atoms with van der Waals surface area (Å²) in [6.45, 7) is 0.443. The van der Waals surface area contributed by atoms with Crippen LogP contribution >= 0.6 is 0 Å². The van der Waals surface area contributed by atoms with Gasteiger partial charge in [0.15, 0.2) is 0 Å². The van der Waals surface area contributed by atoms with Gasteiger partial charge < -0.3 is 10.6 Å². The first kappa shape index (κ1) is 20.8. The highest BCUT2D eigenvalue weighted by Crippen LogP contribution is 2.26. The van der Waals surface area contributed by atoms with Crippen molar-refractivity contribution in [3.8, 4) is 6.07 Å². The molecule has 1 aliphatic rings. The first-order valence-electron chi connectivity index (χ1n) is 9.23. The van der Waals surface area contributed by atoms with Gasteiger partial charge in [0.05, 0.1) is 10.5 Å². The lowest BCUT2D eigenvalue weighted by molar-refractivity contribution is 0.231. The quantitative estimate of drug-likeness (QED) is 0.782.